The Morgan fingerprint density at radius 3 is 2.58 bits per heavy atom. The molecule has 1 aliphatic heterocycles. The number of rotatable bonds is 5. The number of aromatic amines is 1. The van der Waals surface area contributed by atoms with Gasteiger partial charge in [-0.25, -0.2) is 4.79 Å². The largest absolute Gasteiger partial charge is 0.414 e. The molecule has 0 saturated carbocycles. The van der Waals surface area contributed by atoms with Crippen LogP contribution in [-0.4, -0.2) is 42.3 Å². The average molecular weight is 468 g/mol. The summed E-state index contributed by atoms with van der Waals surface area (Å²) in [6.45, 7) is 11.1. The number of H-pyrrole nitrogens is 1. The van der Waals surface area contributed by atoms with Gasteiger partial charge in [0, 0.05) is 6.20 Å². The highest BCUT2D eigenvalue weighted by molar-refractivity contribution is 14.1. The molecule has 0 spiro atoms. The number of aliphatic hydroxyl groups excluding tert-OH is 1. The Morgan fingerprint density at radius 1 is 1.42 bits per heavy atom. The quantitative estimate of drug-likeness (QED) is 0.507. The van der Waals surface area contributed by atoms with Crippen LogP contribution in [0, 0.1) is 9.49 Å². The molecule has 0 aliphatic carbocycles. The van der Waals surface area contributed by atoms with Gasteiger partial charge in [-0.1, -0.05) is 20.8 Å². The number of nitrogens with zero attached hydrogens (tertiary/aromatic N) is 1. The molecule has 0 aromatic carbocycles. The van der Waals surface area contributed by atoms with E-state index < -0.39 is 25.8 Å². The SMILES string of the molecule is CC(C)(C)[Si](C)(C)OC[C@H]1O[C@@H](n2cc(I)c(=O)[nH]c2=O)[C@@H]1CO. The first-order chi connectivity index (χ1) is 11.0. The third-order valence-corrected chi connectivity index (χ3v) is 10.3. The van der Waals surface area contributed by atoms with Crippen molar-refractivity contribution in [3.05, 3.63) is 30.6 Å². The van der Waals surface area contributed by atoms with Crippen LogP contribution in [0.5, 0.6) is 0 Å². The van der Waals surface area contributed by atoms with Crippen molar-refractivity contribution in [1.29, 1.82) is 0 Å². The minimum absolute atomic E-state index is 0.0941. The summed E-state index contributed by atoms with van der Waals surface area (Å²) in [6, 6.07) is 0. The molecule has 2 rings (SSSR count). The van der Waals surface area contributed by atoms with E-state index in [9.17, 15) is 14.7 Å². The summed E-state index contributed by atoms with van der Waals surface area (Å²) in [4.78, 5) is 25.7. The van der Waals surface area contributed by atoms with Crippen LogP contribution in [0.15, 0.2) is 15.8 Å². The van der Waals surface area contributed by atoms with Crippen molar-refractivity contribution in [3.8, 4) is 0 Å². The van der Waals surface area contributed by atoms with E-state index in [0.717, 1.165) is 0 Å². The minimum atomic E-state index is -1.90. The number of halogens is 1. The third kappa shape index (κ3) is 3.84. The second kappa shape index (κ2) is 7.02. The lowest BCUT2D eigenvalue weighted by molar-refractivity contribution is -0.244. The summed E-state index contributed by atoms with van der Waals surface area (Å²) in [7, 11) is -1.90. The summed E-state index contributed by atoms with van der Waals surface area (Å²) in [5.41, 5.74) is -0.956. The Labute approximate surface area is 155 Å². The van der Waals surface area contributed by atoms with Crippen LogP contribution >= 0.6 is 22.6 Å². The normalized spacial score (nSPS) is 24.7. The van der Waals surface area contributed by atoms with Gasteiger partial charge in [-0.3, -0.25) is 14.3 Å². The molecule has 1 fully saturated rings. The zero-order chi connectivity index (χ0) is 18.3. The highest BCUT2D eigenvalue weighted by Crippen LogP contribution is 2.40. The maximum absolute atomic E-state index is 12.0. The van der Waals surface area contributed by atoms with Gasteiger partial charge in [-0.2, -0.15) is 0 Å². The Balaban J connectivity index is 2.09. The molecular weight excluding hydrogens is 443 g/mol. The molecule has 0 radical (unpaired) electrons. The third-order valence-electron chi connectivity index (χ3n) is 4.98. The first-order valence-corrected chi connectivity index (χ1v) is 11.9. The zero-order valence-corrected chi connectivity index (χ0v) is 17.8. The Bertz CT molecular complexity index is 709. The molecule has 2 N–H and O–H groups in total. The van der Waals surface area contributed by atoms with Crippen LogP contribution in [0.2, 0.25) is 18.1 Å². The van der Waals surface area contributed by atoms with Crippen LogP contribution in [0.25, 0.3) is 0 Å². The predicted molar refractivity (Wildman–Crippen MR) is 102 cm³/mol. The standard InChI is InChI=1S/C15H25IN2O5Si/c1-15(2,3)24(4,5)22-8-11-9(7-19)13(23-11)18-6-10(16)12(20)17-14(18)21/h6,9,11,13,19H,7-8H2,1-5H3,(H,17,20,21)/t9-,11-,13-/m1/s1. The molecule has 0 amide bonds. The smallest absolute Gasteiger partial charge is 0.330 e. The molecule has 136 valence electrons. The van der Waals surface area contributed by atoms with Gasteiger partial charge in [0.15, 0.2) is 8.32 Å². The van der Waals surface area contributed by atoms with E-state index in [4.69, 9.17) is 9.16 Å². The van der Waals surface area contributed by atoms with Crippen molar-refractivity contribution in [1.82, 2.24) is 9.55 Å². The van der Waals surface area contributed by atoms with E-state index in [1.807, 2.05) is 22.6 Å². The van der Waals surface area contributed by atoms with Gasteiger partial charge in [0.2, 0.25) is 0 Å². The maximum atomic E-state index is 12.0. The molecule has 1 saturated heterocycles. The molecule has 1 aromatic heterocycles. The van der Waals surface area contributed by atoms with E-state index in [-0.39, 0.29) is 23.7 Å². The van der Waals surface area contributed by atoms with E-state index >= 15 is 0 Å². The topological polar surface area (TPSA) is 93.5 Å². The van der Waals surface area contributed by atoms with Crippen LogP contribution in [0.4, 0.5) is 0 Å². The van der Waals surface area contributed by atoms with Gasteiger partial charge in [-0.15, -0.1) is 0 Å². The zero-order valence-electron chi connectivity index (χ0n) is 14.6. The van der Waals surface area contributed by atoms with Crippen molar-refractivity contribution in [2.45, 2.75) is 51.2 Å². The van der Waals surface area contributed by atoms with E-state index in [0.29, 0.717) is 10.2 Å². The van der Waals surface area contributed by atoms with Crippen molar-refractivity contribution in [2.24, 2.45) is 5.92 Å². The van der Waals surface area contributed by atoms with Crippen molar-refractivity contribution >= 4 is 30.9 Å². The molecule has 0 unspecified atom stereocenters. The van der Waals surface area contributed by atoms with Crippen LogP contribution < -0.4 is 11.2 Å². The van der Waals surface area contributed by atoms with Gasteiger partial charge in [0.1, 0.15) is 6.23 Å². The summed E-state index contributed by atoms with van der Waals surface area (Å²) >= 11 is 1.86. The van der Waals surface area contributed by atoms with E-state index in [1.165, 1.54) is 10.8 Å². The van der Waals surface area contributed by atoms with Crippen molar-refractivity contribution < 1.29 is 14.3 Å². The van der Waals surface area contributed by atoms with Gasteiger partial charge in [-0.05, 0) is 40.7 Å². The molecule has 2 heterocycles. The predicted octanol–water partition coefficient (Wildman–Crippen LogP) is 1.67. The lowest BCUT2D eigenvalue weighted by atomic mass is 9.95. The fourth-order valence-corrected chi connectivity index (χ4v) is 3.72. The lowest BCUT2D eigenvalue weighted by Gasteiger charge is -2.46. The number of aliphatic hydroxyl groups is 1. The highest BCUT2D eigenvalue weighted by atomic mass is 127. The van der Waals surface area contributed by atoms with Crippen molar-refractivity contribution in [2.75, 3.05) is 13.2 Å². The molecular formula is C15H25IN2O5Si. The van der Waals surface area contributed by atoms with Crippen LogP contribution in [0.3, 0.4) is 0 Å². The highest BCUT2D eigenvalue weighted by Gasteiger charge is 2.46. The molecule has 9 heteroatoms. The fourth-order valence-electron chi connectivity index (χ4n) is 2.27. The number of nitrogens with one attached hydrogen (secondary N) is 1. The first-order valence-electron chi connectivity index (χ1n) is 7.89. The number of hydrogen-bond acceptors (Lipinski definition) is 5. The molecule has 1 aromatic rings. The summed E-state index contributed by atoms with van der Waals surface area (Å²) in [5, 5.41) is 9.77. The Morgan fingerprint density at radius 2 is 2.04 bits per heavy atom. The van der Waals surface area contributed by atoms with Gasteiger partial charge in [0.25, 0.3) is 5.56 Å². The number of hydrogen-bond donors (Lipinski definition) is 2. The first kappa shape index (κ1) is 19.8. The van der Waals surface area contributed by atoms with Crippen LogP contribution in [-0.2, 0) is 9.16 Å². The van der Waals surface area contributed by atoms with Gasteiger partial charge in [0.05, 0.1) is 28.8 Å². The van der Waals surface area contributed by atoms with E-state index in [2.05, 4.69) is 38.8 Å². The van der Waals surface area contributed by atoms with Crippen molar-refractivity contribution in [3.63, 3.8) is 0 Å². The second-order valence-corrected chi connectivity index (χ2v) is 13.6. The minimum Gasteiger partial charge on any atom is -0.414 e. The van der Waals surface area contributed by atoms with E-state index in [1.54, 1.807) is 0 Å². The number of ether oxygens (including phenoxy) is 1. The second-order valence-electron chi connectivity index (χ2n) is 7.63. The molecule has 0 bridgehead atoms. The van der Waals surface area contributed by atoms with Crippen LogP contribution in [0.1, 0.15) is 27.0 Å². The maximum Gasteiger partial charge on any atom is 0.330 e. The molecule has 3 atom stereocenters. The molecule has 1 aliphatic rings. The molecule has 7 nitrogen and oxygen atoms in total. The summed E-state index contributed by atoms with van der Waals surface area (Å²) in [6.07, 6.45) is 0.617. The Hall–Kier alpha value is -0.493. The number of aromatic nitrogens is 2. The monoisotopic (exact) mass is 468 g/mol. The fraction of sp³-hybridized carbons (Fsp3) is 0.733. The van der Waals surface area contributed by atoms with Gasteiger partial charge < -0.3 is 14.3 Å². The molecule has 24 heavy (non-hydrogen) atoms. The van der Waals surface area contributed by atoms with Gasteiger partial charge >= 0.3 is 5.69 Å². The summed E-state index contributed by atoms with van der Waals surface area (Å²) in [5.74, 6) is -0.242. The average Bonchev–Trinajstić information content (AvgIpc) is 2.42. The Kier molecular flexibility index (Phi) is 5.80. The lowest BCUT2D eigenvalue weighted by Crippen LogP contribution is -2.55. The summed E-state index contributed by atoms with van der Waals surface area (Å²) < 4.78 is 13.7.